The minimum Gasteiger partial charge on any atom is -0.790 e. The zero-order valence-corrected chi connectivity index (χ0v) is 14.5. The number of aliphatic hydroxyl groups excluding tert-OH is 1. The molecule has 1 fully saturated rings. The van der Waals surface area contributed by atoms with Crippen LogP contribution in [0.4, 0.5) is 5.82 Å². The molecule has 0 saturated carbocycles. The Labute approximate surface area is 140 Å². The van der Waals surface area contributed by atoms with Crippen LogP contribution in [0, 0.1) is 6.92 Å². The summed E-state index contributed by atoms with van der Waals surface area (Å²) in [4.78, 5) is 47.2. The lowest BCUT2D eigenvalue weighted by Crippen LogP contribution is -2.29. The molecule has 25 heavy (non-hydrogen) atoms. The van der Waals surface area contributed by atoms with E-state index < -0.39 is 46.4 Å². The average molecular weight is 398 g/mol. The van der Waals surface area contributed by atoms with Gasteiger partial charge in [0, 0.05) is 18.2 Å². The van der Waals surface area contributed by atoms with Crippen LogP contribution >= 0.6 is 15.6 Å². The van der Waals surface area contributed by atoms with Gasteiger partial charge in [0.1, 0.15) is 18.1 Å². The summed E-state index contributed by atoms with van der Waals surface area (Å²) in [6.07, 6.45) is -2.16. The number of aliphatic hydroxyl groups is 1. The maximum absolute atomic E-state index is 11.8. The van der Waals surface area contributed by atoms with E-state index in [9.17, 15) is 33.7 Å². The first-order chi connectivity index (χ1) is 11.4. The van der Waals surface area contributed by atoms with Crippen molar-refractivity contribution in [1.29, 1.82) is 0 Å². The lowest BCUT2D eigenvalue weighted by atomic mass is 10.2. The average Bonchev–Trinajstić information content (AvgIpc) is 2.79. The molecule has 1 unspecified atom stereocenters. The fourth-order valence-electron chi connectivity index (χ4n) is 2.13. The van der Waals surface area contributed by atoms with Crippen molar-refractivity contribution in [2.45, 2.75) is 31.8 Å². The van der Waals surface area contributed by atoms with E-state index in [1.807, 2.05) is 0 Å². The minimum absolute atomic E-state index is 0.0313. The lowest BCUT2D eigenvalue weighted by Gasteiger charge is -2.35. The number of phosphoric acid groups is 2. The van der Waals surface area contributed by atoms with Crippen LogP contribution in [0.5, 0.6) is 0 Å². The second-order valence-corrected chi connectivity index (χ2v) is 7.90. The molecule has 15 heteroatoms. The highest BCUT2D eigenvalue weighted by Crippen LogP contribution is 2.50. The number of hydrogen-bond acceptors (Lipinski definition) is 12. The summed E-state index contributed by atoms with van der Waals surface area (Å²) in [6, 6.07) is 0. The van der Waals surface area contributed by atoms with E-state index in [0.29, 0.717) is 5.56 Å². The summed E-state index contributed by atoms with van der Waals surface area (Å²) < 4.78 is 35.4. The van der Waals surface area contributed by atoms with E-state index in [1.165, 1.54) is 6.20 Å². The molecule has 1 aliphatic heterocycles. The summed E-state index contributed by atoms with van der Waals surface area (Å²) in [7, 11) is -11.2. The topological polar surface area (TPSA) is 212 Å². The summed E-state index contributed by atoms with van der Waals surface area (Å²) in [5.41, 5.74) is 5.25. The molecule has 1 aromatic heterocycles. The van der Waals surface area contributed by atoms with Crippen molar-refractivity contribution in [3.8, 4) is 0 Å². The van der Waals surface area contributed by atoms with E-state index in [1.54, 1.807) is 6.92 Å². The van der Waals surface area contributed by atoms with Crippen LogP contribution in [-0.2, 0) is 22.7 Å². The molecule has 0 aromatic carbocycles. The SMILES string of the molecule is Cc1cn([C@H]2C[C@H](O)[C@@H](COP(=O)([O-])OP(=O)([O-])[O-])O2)c(=O)nc1N. The van der Waals surface area contributed by atoms with Crippen molar-refractivity contribution >= 4 is 21.5 Å². The highest BCUT2D eigenvalue weighted by atomic mass is 31.3. The third-order valence-corrected chi connectivity index (χ3v) is 5.35. The van der Waals surface area contributed by atoms with Crippen molar-refractivity contribution in [2.75, 3.05) is 12.3 Å². The molecule has 2 rings (SSSR count). The van der Waals surface area contributed by atoms with Gasteiger partial charge in [-0.2, -0.15) is 4.98 Å². The van der Waals surface area contributed by atoms with Crippen molar-refractivity contribution in [2.24, 2.45) is 0 Å². The molecule has 1 aromatic rings. The van der Waals surface area contributed by atoms with Gasteiger partial charge in [-0.25, -0.2) is 4.79 Å². The molecule has 0 radical (unpaired) electrons. The number of nitrogen functional groups attached to an aromatic ring is 1. The molecule has 13 nitrogen and oxygen atoms in total. The van der Waals surface area contributed by atoms with Gasteiger partial charge < -0.3 is 39.3 Å². The van der Waals surface area contributed by atoms with Gasteiger partial charge in [0.2, 0.25) is 0 Å². The normalized spacial score (nSPS) is 26.5. The zero-order valence-electron chi connectivity index (χ0n) is 12.7. The van der Waals surface area contributed by atoms with Crippen LogP contribution in [0.2, 0.25) is 0 Å². The maximum Gasteiger partial charge on any atom is 0.351 e. The van der Waals surface area contributed by atoms with Crippen molar-refractivity contribution < 1.29 is 42.5 Å². The van der Waals surface area contributed by atoms with E-state index in [4.69, 9.17) is 10.5 Å². The van der Waals surface area contributed by atoms with Gasteiger partial charge in [0.25, 0.3) is 7.82 Å². The van der Waals surface area contributed by atoms with Crippen LogP contribution in [0.15, 0.2) is 11.0 Å². The molecule has 0 aliphatic carbocycles. The quantitative estimate of drug-likeness (QED) is 0.462. The Balaban J connectivity index is 2.05. The zero-order chi connectivity index (χ0) is 19.0. The first-order valence-corrected chi connectivity index (χ1v) is 9.68. The number of aromatic nitrogens is 2. The number of ether oxygens (including phenoxy) is 1. The summed E-state index contributed by atoms with van der Waals surface area (Å²) in [5.74, 6) is 0.0313. The van der Waals surface area contributed by atoms with Crippen LogP contribution in [0.1, 0.15) is 18.2 Å². The van der Waals surface area contributed by atoms with Crippen LogP contribution < -0.4 is 26.1 Å². The van der Waals surface area contributed by atoms with E-state index in [0.717, 1.165) is 4.57 Å². The van der Waals surface area contributed by atoms with Crippen molar-refractivity contribution in [3.05, 3.63) is 22.2 Å². The molecule has 1 aliphatic rings. The van der Waals surface area contributed by atoms with E-state index in [2.05, 4.69) is 13.8 Å². The summed E-state index contributed by atoms with van der Waals surface area (Å²) >= 11 is 0. The van der Waals surface area contributed by atoms with Crippen LogP contribution in [-0.4, -0.2) is 33.5 Å². The lowest BCUT2D eigenvalue weighted by molar-refractivity contribution is -0.339. The molecule has 4 atom stereocenters. The Morgan fingerprint density at radius 1 is 1.48 bits per heavy atom. The highest BCUT2D eigenvalue weighted by Gasteiger charge is 2.36. The first-order valence-electron chi connectivity index (χ1n) is 6.76. The van der Waals surface area contributed by atoms with Gasteiger partial charge in [-0.3, -0.25) is 13.4 Å². The Morgan fingerprint density at radius 3 is 2.72 bits per heavy atom. The Hall–Kier alpha value is -1.14. The van der Waals surface area contributed by atoms with Gasteiger partial charge >= 0.3 is 5.69 Å². The first kappa shape index (κ1) is 20.2. The highest BCUT2D eigenvalue weighted by molar-refractivity contribution is 7.58. The number of nitrogens with zero attached hydrogens (tertiary/aromatic N) is 2. The molecular weight excluding hydrogens is 384 g/mol. The molecule has 1 saturated heterocycles. The second-order valence-electron chi connectivity index (χ2n) is 5.20. The second kappa shape index (κ2) is 7.23. The molecule has 2 heterocycles. The van der Waals surface area contributed by atoms with Gasteiger partial charge in [-0.15, -0.1) is 0 Å². The standard InChI is InChI=1S/C10H17N3O10P2/c1-5-3-13(10(15)12-9(5)11)8-2-6(14)7(22-8)4-21-25(19,20)23-24(16,17)18/h3,6-8,14H,2,4H2,1H3,(H,19,20)(H2,11,12,15)(H2,16,17,18)/p-3/t6-,7+,8+/m0/s1. The van der Waals surface area contributed by atoms with Gasteiger partial charge in [0.15, 0.2) is 0 Å². The van der Waals surface area contributed by atoms with Gasteiger partial charge in [-0.05, 0) is 6.92 Å². The minimum atomic E-state index is -5.81. The molecule has 0 bridgehead atoms. The van der Waals surface area contributed by atoms with Gasteiger partial charge in [0.05, 0.1) is 20.5 Å². The largest absolute Gasteiger partial charge is 0.790 e. The molecule has 0 spiro atoms. The Bertz CT molecular complexity index is 792. The molecule has 142 valence electrons. The third kappa shape index (κ3) is 5.42. The Morgan fingerprint density at radius 2 is 2.12 bits per heavy atom. The molecular formula is C10H14N3O10P2-3. The van der Waals surface area contributed by atoms with E-state index >= 15 is 0 Å². The molecule has 3 N–H and O–H groups in total. The predicted octanol–water partition coefficient (Wildman–Crippen LogP) is -2.89. The predicted molar refractivity (Wildman–Crippen MR) is 74.4 cm³/mol. The Kier molecular flexibility index (Phi) is 5.84. The fraction of sp³-hybridized carbons (Fsp3) is 0.600. The number of nitrogens with two attached hydrogens (primary N) is 1. The fourth-order valence-corrected chi connectivity index (χ4v) is 3.63. The summed E-state index contributed by atoms with van der Waals surface area (Å²) in [6.45, 7) is 0.772. The number of phosphoric ester groups is 1. The maximum atomic E-state index is 11.8. The van der Waals surface area contributed by atoms with Crippen molar-refractivity contribution in [1.82, 2.24) is 9.55 Å². The summed E-state index contributed by atoms with van der Waals surface area (Å²) in [5, 5.41) is 9.89. The third-order valence-electron chi connectivity index (χ3n) is 3.29. The number of aryl methyl sites for hydroxylation is 1. The van der Waals surface area contributed by atoms with Gasteiger partial charge in [-0.1, -0.05) is 0 Å². The smallest absolute Gasteiger partial charge is 0.351 e. The number of rotatable bonds is 6. The van der Waals surface area contributed by atoms with Crippen molar-refractivity contribution in [3.63, 3.8) is 0 Å². The van der Waals surface area contributed by atoms with Crippen LogP contribution in [0.25, 0.3) is 0 Å². The molecule has 0 amide bonds. The van der Waals surface area contributed by atoms with Crippen LogP contribution in [0.3, 0.4) is 0 Å². The monoisotopic (exact) mass is 398 g/mol. The number of anilines is 1. The number of hydrogen-bond donors (Lipinski definition) is 2. The van der Waals surface area contributed by atoms with E-state index in [-0.39, 0.29) is 12.2 Å².